The van der Waals surface area contributed by atoms with E-state index in [4.69, 9.17) is 23.7 Å². The van der Waals surface area contributed by atoms with Crippen LogP contribution in [0.5, 0.6) is 69.0 Å². The number of carbonyl (C=O) groups excluding carboxylic acids is 4. The molecule has 1 heterocycles. The maximum atomic E-state index is 13.5. The van der Waals surface area contributed by atoms with Crippen LogP contribution in [0.15, 0.2) is 48.5 Å². The standard InChI is InChI=1S/C34H28O22/c35-14-1-10(2-15(36)23(14)43)30(47)52-9-22-27(54-31(48)11-3-16(37)24(44)17(38)4-11)28(55-32(49)12-5-18(39)25(45)19(40)6-12)29(34(51)53-22)56-33(50)13-7-20(41)26(46)21(42)8-13/h1-8,22,27-29,34-46,51H,9H2/t22-,27-,28-,29-,34-/m1/s1. The Labute approximate surface area is 310 Å². The molecule has 0 aliphatic carbocycles. The molecular weight excluding hydrogens is 760 g/mol. The first-order valence-electron chi connectivity index (χ1n) is 15.4. The van der Waals surface area contributed by atoms with Crippen molar-refractivity contribution in [1.29, 1.82) is 0 Å². The third kappa shape index (κ3) is 7.95. The number of phenols is 12. The van der Waals surface area contributed by atoms with Crippen molar-refractivity contribution in [1.82, 2.24) is 0 Å². The highest BCUT2D eigenvalue weighted by Gasteiger charge is 2.53. The average Bonchev–Trinajstić information content (AvgIpc) is 3.14. The van der Waals surface area contributed by atoms with Crippen molar-refractivity contribution in [2.45, 2.75) is 30.7 Å². The summed E-state index contributed by atoms with van der Waals surface area (Å²) in [7, 11) is 0. The van der Waals surface area contributed by atoms with Crippen LogP contribution in [0, 0.1) is 0 Å². The smallest absolute Gasteiger partial charge is 0.339 e. The van der Waals surface area contributed by atoms with Crippen LogP contribution in [0.1, 0.15) is 41.4 Å². The van der Waals surface area contributed by atoms with Gasteiger partial charge in [-0.15, -0.1) is 0 Å². The van der Waals surface area contributed by atoms with Crippen molar-refractivity contribution < 1.29 is 109 Å². The summed E-state index contributed by atoms with van der Waals surface area (Å²) in [6.45, 7) is -1.09. The molecule has 56 heavy (non-hydrogen) atoms. The number of hydrogen-bond acceptors (Lipinski definition) is 22. The zero-order valence-corrected chi connectivity index (χ0v) is 27.7. The minimum absolute atomic E-state index is 0.570. The molecule has 5 atom stereocenters. The molecule has 22 nitrogen and oxygen atoms in total. The SMILES string of the molecule is O=C(OC[C@H]1O[C@@H](O)[C@H](OC(=O)c2cc(O)c(O)c(O)c2)[C@H](OC(=O)c2cc(O)c(O)c(O)c2)[C@@H]1OC(=O)c1cc(O)c(O)c(O)c1)c1cc(O)c(O)c(O)c1. The zero-order chi connectivity index (χ0) is 41.3. The minimum Gasteiger partial charge on any atom is -0.504 e. The quantitative estimate of drug-likeness (QED) is 0.0630. The van der Waals surface area contributed by atoms with Crippen LogP contribution in [0.4, 0.5) is 0 Å². The Morgan fingerprint density at radius 1 is 0.429 bits per heavy atom. The van der Waals surface area contributed by atoms with Gasteiger partial charge in [0.15, 0.2) is 93.6 Å². The molecule has 5 rings (SSSR count). The number of esters is 4. The van der Waals surface area contributed by atoms with E-state index in [1.54, 1.807) is 0 Å². The molecular formula is C34H28O22. The van der Waals surface area contributed by atoms with Gasteiger partial charge >= 0.3 is 23.9 Å². The molecule has 4 aromatic rings. The molecule has 4 aromatic carbocycles. The van der Waals surface area contributed by atoms with Crippen LogP contribution in [0.25, 0.3) is 0 Å². The summed E-state index contributed by atoms with van der Waals surface area (Å²) in [6, 6.07) is 4.99. The van der Waals surface area contributed by atoms with Gasteiger partial charge in [-0.3, -0.25) is 0 Å². The Balaban J connectivity index is 1.57. The van der Waals surface area contributed by atoms with Gasteiger partial charge in [0, 0.05) is 0 Å². The average molecular weight is 789 g/mol. The summed E-state index contributed by atoms with van der Waals surface area (Å²) in [4.78, 5) is 53.1. The number of aromatic hydroxyl groups is 12. The van der Waals surface area contributed by atoms with Crippen molar-refractivity contribution in [3.63, 3.8) is 0 Å². The fourth-order valence-corrected chi connectivity index (χ4v) is 5.14. The van der Waals surface area contributed by atoms with Crippen molar-refractivity contribution >= 4 is 23.9 Å². The molecule has 0 spiro atoms. The lowest BCUT2D eigenvalue weighted by Crippen LogP contribution is -2.62. The topological polar surface area (TPSA) is 377 Å². The van der Waals surface area contributed by atoms with Gasteiger partial charge in [-0.25, -0.2) is 19.2 Å². The molecule has 0 bridgehead atoms. The summed E-state index contributed by atoms with van der Waals surface area (Å²) < 4.78 is 26.8. The Morgan fingerprint density at radius 2 is 0.696 bits per heavy atom. The van der Waals surface area contributed by atoms with Gasteiger partial charge in [-0.2, -0.15) is 0 Å². The second-order valence-corrected chi connectivity index (χ2v) is 11.7. The lowest BCUT2D eigenvalue weighted by molar-refractivity contribution is -0.284. The van der Waals surface area contributed by atoms with E-state index in [2.05, 4.69) is 0 Å². The largest absolute Gasteiger partial charge is 0.504 e. The molecule has 13 N–H and O–H groups in total. The van der Waals surface area contributed by atoms with Crippen LogP contribution in [0.3, 0.4) is 0 Å². The molecule has 0 amide bonds. The third-order valence-electron chi connectivity index (χ3n) is 7.94. The van der Waals surface area contributed by atoms with Gasteiger partial charge < -0.3 is 90.1 Å². The number of benzene rings is 4. The van der Waals surface area contributed by atoms with E-state index in [1.165, 1.54) is 0 Å². The van der Waals surface area contributed by atoms with Crippen LogP contribution in [-0.4, -0.2) is 128 Å². The summed E-state index contributed by atoms with van der Waals surface area (Å²) >= 11 is 0. The predicted octanol–water partition coefficient (Wildman–Crippen LogP) is 0.705. The second kappa shape index (κ2) is 15.3. The molecule has 1 aliphatic heterocycles. The number of ether oxygens (including phenoxy) is 5. The number of carbonyl (C=O) groups is 4. The normalized spacial score (nSPS) is 19.1. The molecule has 0 saturated carbocycles. The van der Waals surface area contributed by atoms with Crippen molar-refractivity contribution in [2.75, 3.05) is 6.61 Å². The Kier molecular flexibility index (Phi) is 10.8. The number of hydrogen-bond donors (Lipinski definition) is 13. The lowest BCUT2D eigenvalue weighted by atomic mass is 9.97. The first-order chi connectivity index (χ1) is 26.3. The van der Waals surface area contributed by atoms with Crippen molar-refractivity contribution in [3.05, 3.63) is 70.8 Å². The van der Waals surface area contributed by atoms with Gasteiger partial charge in [-0.1, -0.05) is 0 Å². The van der Waals surface area contributed by atoms with E-state index in [0.717, 1.165) is 0 Å². The van der Waals surface area contributed by atoms with E-state index in [-0.39, 0.29) is 0 Å². The van der Waals surface area contributed by atoms with Crippen LogP contribution in [-0.2, 0) is 23.7 Å². The molecule has 0 aromatic heterocycles. The molecule has 22 heteroatoms. The van der Waals surface area contributed by atoms with Crippen LogP contribution >= 0.6 is 0 Å². The summed E-state index contributed by atoms with van der Waals surface area (Å²) in [5.74, 6) is -18.2. The number of rotatable bonds is 9. The van der Waals surface area contributed by atoms with Gasteiger partial charge in [0.1, 0.15) is 12.7 Å². The minimum atomic E-state index is -2.43. The van der Waals surface area contributed by atoms with Gasteiger partial charge in [0.25, 0.3) is 0 Å². The Morgan fingerprint density at radius 3 is 1.02 bits per heavy atom. The zero-order valence-electron chi connectivity index (χ0n) is 27.7. The molecule has 0 radical (unpaired) electrons. The molecule has 1 aliphatic rings. The Bertz CT molecular complexity index is 2140. The van der Waals surface area contributed by atoms with Crippen LogP contribution in [0.2, 0.25) is 0 Å². The van der Waals surface area contributed by atoms with Crippen LogP contribution < -0.4 is 0 Å². The van der Waals surface area contributed by atoms with Crippen molar-refractivity contribution in [3.8, 4) is 69.0 Å². The first kappa shape index (κ1) is 39.5. The first-order valence-corrected chi connectivity index (χ1v) is 15.4. The Hall–Kier alpha value is -7.72. The molecule has 1 saturated heterocycles. The number of aliphatic hydroxyl groups excluding tert-OH is 1. The van der Waals surface area contributed by atoms with Gasteiger partial charge in [0.2, 0.25) is 0 Å². The highest BCUT2D eigenvalue weighted by Crippen LogP contribution is 2.40. The molecule has 1 fully saturated rings. The van der Waals surface area contributed by atoms with Gasteiger partial charge in [-0.05, 0) is 48.5 Å². The van der Waals surface area contributed by atoms with E-state index in [0.29, 0.717) is 48.5 Å². The second-order valence-electron chi connectivity index (χ2n) is 11.7. The van der Waals surface area contributed by atoms with E-state index >= 15 is 0 Å². The van der Waals surface area contributed by atoms with Gasteiger partial charge in [0.05, 0.1) is 22.3 Å². The fraction of sp³-hybridized carbons (Fsp3) is 0.176. The number of aliphatic hydroxyl groups is 1. The van der Waals surface area contributed by atoms with E-state index in [1.807, 2.05) is 0 Å². The maximum Gasteiger partial charge on any atom is 0.339 e. The fourth-order valence-electron chi connectivity index (χ4n) is 5.14. The van der Waals surface area contributed by atoms with E-state index in [9.17, 15) is 85.6 Å². The monoisotopic (exact) mass is 788 g/mol. The lowest BCUT2D eigenvalue weighted by Gasteiger charge is -2.42. The summed E-state index contributed by atoms with van der Waals surface area (Å²) in [6.07, 6.45) is -11.2. The summed E-state index contributed by atoms with van der Waals surface area (Å²) in [5.41, 5.74) is -2.68. The van der Waals surface area contributed by atoms with E-state index < -0.39 is 152 Å². The maximum absolute atomic E-state index is 13.5. The molecule has 0 unspecified atom stereocenters. The third-order valence-corrected chi connectivity index (χ3v) is 7.94. The molecule has 296 valence electrons. The number of phenolic OH excluding ortho intramolecular Hbond substituents is 12. The summed E-state index contributed by atoms with van der Waals surface area (Å²) in [5, 5.41) is 129. The predicted molar refractivity (Wildman–Crippen MR) is 175 cm³/mol. The highest BCUT2D eigenvalue weighted by atomic mass is 16.7. The van der Waals surface area contributed by atoms with Crippen molar-refractivity contribution in [2.24, 2.45) is 0 Å². The highest BCUT2D eigenvalue weighted by molar-refractivity contribution is 5.93.